The molecule has 0 aromatic rings. The maximum atomic E-state index is 12.4. The van der Waals surface area contributed by atoms with Crippen molar-refractivity contribution < 1.29 is 8.42 Å². The van der Waals surface area contributed by atoms with Crippen LogP contribution >= 0.6 is 15.9 Å². The van der Waals surface area contributed by atoms with Gasteiger partial charge in [-0.05, 0) is 31.1 Å². The topological polar surface area (TPSA) is 40.6 Å². The molecular formula is C11H21BrN2O2S. The first-order chi connectivity index (χ1) is 8.04. The van der Waals surface area contributed by atoms with Gasteiger partial charge in [-0.15, -0.1) is 0 Å². The van der Waals surface area contributed by atoms with E-state index in [1.54, 1.807) is 8.61 Å². The van der Waals surface area contributed by atoms with Crippen LogP contribution in [0.2, 0.25) is 0 Å². The quantitative estimate of drug-likeness (QED) is 0.741. The fraction of sp³-hybridized carbons (Fsp3) is 1.00. The van der Waals surface area contributed by atoms with Crippen molar-refractivity contribution in [2.75, 3.05) is 31.5 Å². The first-order valence-electron chi connectivity index (χ1n) is 6.35. The van der Waals surface area contributed by atoms with Crippen molar-refractivity contribution in [3.8, 4) is 0 Å². The molecule has 100 valence electrons. The van der Waals surface area contributed by atoms with Crippen LogP contribution in [-0.4, -0.2) is 48.5 Å². The summed E-state index contributed by atoms with van der Waals surface area (Å²) in [6.07, 6.45) is 3.13. The minimum atomic E-state index is -3.19. The van der Waals surface area contributed by atoms with Crippen molar-refractivity contribution in [3.05, 3.63) is 0 Å². The number of halogens is 1. The normalized spacial score (nSPS) is 33.1. The molecule has 2 heterocycles. The Kier molecular flexibility index (Phi) is 4.50. The summed E-state index contributed by atoms with van der Waals surface area (Å²) in [5, 5.41) is 0.898. The Morgan fingerprint density at radius 2 is 1.88 bits per heavy atom. The first-order valence-corrected chi connectivity index (χ1v) is 8.87. The highest BCUT2D eigenvalue weighted by atomic mass is 79.9. The molecule has 0 spiro atoms. The molecule has 2 aliphatic rings. The molecule has 2 aliphatic heterocycles. The highest BCUT2D eigenvalue weighted by molar-refractivity contribution is 9.09. The second kappa shape index (κ2) is 5.55. The predicted molar refractivity (Wildman–Crippen MR) is 72.4 cm³/mol. The lowest BCUT2D eigenvalue weighted by Gasteiger charge is -2.33. The van der Waals surface area contributed by atoms with Gasteiger partial charge >= 0.3 is 0 Å². The van der Waals surface area contributed by atoms with Crippen molar-refractivity contribution in [1.82, 2.24) is 8.61 Å². The second-order valence-corrected chi connectivity index (χ2v) is 7.86. The third-order valence-electron chi connectivity index (χ3n) is 3.74. The van der Waals surface area contributed by atoms with Crippen molar-refractivity contribution in [2.24, 2.45) is 11.8 Å². The lowest BCUT2D eigenvalue weighted by molar-refractivity contribution is 0.263. The van der Waals surface area contributed by atoms with E-state index in [4.69, 9.17) is 0 Å². The van der Waals surface area contributed by atoms with E-state index in [-0.39, 0.29) is 0 Å². The van der Waals surface area contributed by atoms with Gasteiger partial charge in [0.05, 0.1) is 0 Å². The minimum absolute atomic E-state index is 0.479. The smallest absolute Gasteiger partial charge is 0.195 e. The van der Waals surface area contributed by atoms with Crippen LogP contribution in [0.1, 0.15) is 26.2 Å². The van der Waals surface area contributed by atoms with Gasteiger partial charge in [0.25, 0.3) is 10.2 Å². The van der Waals surface area contributed by atoms with Crippen LogP contribution in [0.25, 0.3) is 0 Å². The highest BCUT2D eigenvalue weighted by Gasteiger charge is 2.36. The molecule has 0 aromatic carbocycles. The molecule has 0 aliphatic carbocycles. The lowest BCUT2D eigenvalue weighted by Crippen LogP contribution is -2.46. The van der Waals surface area contributed by atoms with E-state index in [0.29, 0.717) is 38.0 Å². The van der Waals surface area contributed by atoms with Crippen molar-refractivity contribution in [1.29, 1.82) is 0 Å². The fourth-order valence-electron chi connectivity index (χ4n) is 2.65. The van der Waals surface area contributed by atoms with Gasteiger partial charge in [0.2, 0.25) is 0 Å². The monoisotopic (exact) mass is 324 g/mol. The number of rotatable bonds is 3. The van der Waals surface area contributed by atoms with Gasteiger partial charge in [-0.1, -0.05) is 22.9 Å². The Bertz CT molecular complexity index is 360. The number of hydrogen-bond acceptors (Lipinski definition) is 2. The summed E-state index contributed by atoms with van der Waals surface area (Å²) < 4.78 is 28.2. The Morgan fingerprint density at radius 1 is 1.18 bits per heavy atom. The molecule has 0 saturated carbocycles. The number of hydrogen-bond donors (Lipinski definition) is 0. The standard InChI is InChI=1S/C11H21BrN2O2S/c1-10-3-2-5-13(8-10)17(15,16)14-6-4-11(7-12)9-14/h10-11H,2-9H2,1H3. The zero-order valence-corrected chi connectivity index (χ0v) is 12.7. The average molecular weight is 325 g/mol. The second-order valence-electron chi connectivity index (χ2n) is 5.28. The van der Waals surface area contributed by atoms with Gasteiger partial charge in [0.15, 0.2) is 0 Å². The fourth-order valence-corrected chi connectivity index (χ4v) is 5.04. The molecule has 4 nitrogen and oxygen atoms in total. The summed E-state index contributed by atoms with van der Waals surface area (Å²) in [5.74, 6) is 0.972. The molecule has 6 heteroatoms. The van der Waals surface area contributed by atoms with Crippen molar-refractivity contribution in [2.45, 2.75) is 26.2 Å². The Morgan fingerprint density at radius 3 is 2.47 bits per heavy atom. The molecular weight excluding hydrogens is 304 g/mol. The summed E-state index contributed by atoms with van der Waals surface area (Å²) in [6, 6.07) is 0. The van der Waals surface area contributed by atoms with E-state index in [1.807, 2.05) is 0 Å². The summed E-state index contributed by atoms with van der Waals surface area (Å²) in [4.78, 5) is 0. The molecule has 0 N–H and O–H groups in total. The van der Waals surface area contributed by atoms with Gasteiger partial charge in [-0.3, -0.25) is 0 Å². The van der Waals surface area contributed by atoms with E-state index < -0.39 is 10.2 Å². The van der Waals surface area contributed by atoms with Crippen LogP contribution < -0.4 is 0 Å². The van der Waals surface area contributed by atoms with E-state index in [0.717, 1.165) is 24.6 Å². The Hall–Kier alpha value is 0.350. The first kappa shape index (κ1) is 13.8. The van der Waals surface area contributed by atoms with Crippen LogP contribution in [0.3, 0.4) is 0 Å². The largest absolute Gasteiger partial charge is 0.281 e. The maximum absolute atomic E-state index is 12.4. The molecule has 0 aromatic heterocycles. The van der Waals surface area contributed by atoms with Crippen LogP contribution in [0, 0.1) is 11.8 Å². The van der Waals surface area contributed by atoms with Crippen molar-refractivity contribution >= 4 is 26.1 Å². The third kappa shape index (κ3) is 3.03. The van der Waals surface area contributed by atoms with Gasteiger partial charge in [-0.25, -0.2) is 0 Å². The van der Waals surface area contributed by atoms with E-state index in [2.05, 4.69) is 22.9 Å². The SMILES string of the molecule is CC1CCCN(S(=O)(=O)N2CCC(CBr)C2)C1. The maximum Gasteiger partial charge on any atom is 0.281 e. The van der Waals surface area contributed by atoms with Crippen molar-refractivity contribution in [3.63, 3.8) is 0 Å². The molecule has 2 rings (SSSR count). The molecule has 2 saturated heterocycles. The zero-order valence-electron chi connectivity index (χ0n) is 10.3. The minimum Gasteiger partial charge on any atom is -0.195 e. The summed E-state index contributed by atoms with van der Waals surface area (Å²) in [6.45, 7) is 4.88. The molecule has 0 bridgehead atoms. The average Bonchev–Trinajstić information content (AvgIpc) is 2.78. The molecule has 17 heavy (non-hydrogen) atoms. The molecule has 2 atom stereocenters. The van der Waals surface area contributed by atoms with E-state index in [1.165, 1.54) is 0 Å². The van der Waals surface area contributed by atoms with Gasteiger partial charge in [0.1, 0.15) is 0 Å². The zero-order chi connectivity index (χ0) is 12.5. The Balaban J connectivity index is 2.03. The molecule has 2 unspecified atom stereocenters. The summed E-state index contributed by atoms with van der Waals surface area (Å²) >= 11 is 3.44. The number of nitrogens with zero attached hydrogens (tertiary/aromatic N) is 2. The highest BCUT2D eigenvalue weighted by Crippen LogP contribution is 2.26. The van der Waals surface area contributed by atoms with Crippen LogP contribution in [0.5, 0.6) is 0 Å². The lowest BCUT2D eigenvalue weighted by atomic mass is 10.0. The molecule has 2 fully saturated rings. The van der Waals surface area contributed by atoms with Crippen LogP contribution in [0.15, 0.2) is 0 Å². The Labute approximate surface area is 113 Å². The van der Waals surface area contributed by atoms with E-state index in [9.17, 15) is 8.42 Å². The van der Waals surface area contributed by atoms with Gasteiger partial charge in [-0.2, -0.15) is 17.0 Å². The summed E-state index contributed by atoms with van der Waals surface area (Å²) in [7, 11) is -3.19. The molecule has 0 amide bonds. The third-order valence-corrected chi connectivity index (χ3v) is 6.62. The number of piperidine rings is 1. The predicted octanol–water partition coefficient (Wildman–Crippen LogP) is 1.68. The summed E-state index contributed by atoms with van der Waals surface area (Å²) in [5.41, 5.74) is 0. The van der Waals surface area contributed by atoms with Crippen LogP contribution in [-0.2, 0) is 10.2 Å². The van der Waals surface area contributed by atoms with Crippen LogP contribution in [0.4, 0.5) is 0 Å². The van der Waals surface area contributed by atoms with Gasteiger partial charge in [0, 0.05) is 31.5 Å². The van der Waals surface area contributed by atoms with E-state index >= 15 is 0 Å². The van der Waals surface area contributed by atoms with Gasteiger partial charge < -0.3 is 0 Å². The number of alkyl halides is 1. The molecule has 0 radical (unpaired) electrons.